The molecule has 0 spiro atoms. The molecule has 16 N–H and O–H groups in total. The van der Waals surface area contributed by atoms with Crippen LogP contribution in [-0.2, 0) is 18.9 Å². The van der Waals surface area contributed by atoms with Crippen LogP contribution in [0.2, 0.25) is 0 Å². The van der Waals surface area contributed by atoms with Crippen molar-refractivity contribution in [2.24, 2.45) is 0 Å². The standard InChI is InChI=1S/4C24H31FN6O4S/c4*1-3-8-36-24-27-22(26-16-10-14(16)13-5-4-12(2)15(25)9-13)19-23(28-24)31(30-29-19)17-11-18(35-7-6-32)21(34)20(17)33/h4*4-5,9,14,16-18,20-21,32-34H,3,6-8,10-11H2,1-2H3,(H,26,27,28)/t4*14-,16+,17+,18-,20-,21+/m0000/s1/i4D,5D,6D2,7D2,9D,10D2,16D;4D,5D,8D2,9D,10D2,16D;4D,5D,7D2,9D,10D2,16D;4D,5D,6D2,9D,10D2,16D. The molecule has 0 saturated heterocycles. The van der Waals surface area contributed by atoms with Crippen LogP contribution in [0, 0.1) is 51.0 Å². The normalized spacial score (nSPS) is 35.0. The Bertz CT molecular complexity index is 8240. The molecule has 12 aromatic rings. The first-order valence-corrected chi connectivity index (χ1v) is 49.4. The maximum Gasteiger partial charge on any atom is 0.191 e. The first kappa shape index (κ1) is 70.4. The summed E-state index contributed by atoms with van der Waals surface area (Å²) in [5.41, 5.74) is -4.71. The number of rotatable bonds is 40. The second-order valence-electron chi connectivity index (χ2n) is 33.9. The number of nitrogens with one attached hydrogen (secondary N) is 4. The summed E-state index contributed by atoms with van der Waals surface area (Å²) in [5, 5.41) is 167. The number of hydrogen-bond acceptors (Lipinski definition) is 40. The van der Waals surface area contributed by atoms with E-state index in [4.69, 9.17) is 70.7 Å². The minimum Gasteiger partial charge on any atom is -0.394 e. The number of benzene rings is 4. The highest BCUT2D eigenvalue weighted by Crippen LogP contribution is 2.50. The van der Waals surface area contributed by atoms with Crippen LogP contribution in [-0.4, -0.2) is 334 Å². The van der Waals surface area contributed by atoms with Crippen molar-refractivity contribution < 1.29 is 144 Å². The summed E-state index contributed by atoms with van der Waals surface area (Å²) in [6.45, 7) is -1.57. The third-order valence-corrected chi connectivity index (χ3v) is 27.8. The molecule has 0 unspecified atom stereocenters. The second kappa shape index (κ2) is 47.3. The Morgan fingerprint density at radius 3 is 0.910 bits per heavy atom. The van der Waals surface area contributed by atoms with Crippen LogP contribution in [0.25, 0.3) is 44.7 Å². The highest BCUT2D eigenvalue weighted by Gasteiger charge is 2.51. The third kappa shape index (κ3) is 23.8. The number of aliphatic hydroxyl groups excluding tert-OH is 10. The molecule has 48 heteroatoms. The van der Waals surface area contributed by atoms with Crippen molar-refractivity contribution >= 4 is 115 Å². The summed E-state index contributed by atoms with van der Waals surface area (Å²) in [6.07, 6.45) is -24.7. The summed E-state index contributed by atoms with van der Waals surface area (Å²) in [5.74, 6) is -9.42. The van der Waals surface area contributed by atoms with Gasteiger partial charge in [-0.1, -0.05) is 144 Å². The molecule has 8 heterocycles. The zero-order valence-corrected chi connectivity index (χ0v) is 81.0. The maximum atomic E-state index is 14.8. The van der Waals surface area contributed by atoms with Gasteiger partial charge in [-0.2, -0.15) is 0 Å². The van der Waals surface area contributed by atoms with Crippen LogP contribution in [0.1, 0.15) is 244 Å². The first-order valence-electron chi connectivity index (χ1n) is 62.6. The van der Waals surface area contributed by atoms with Crippen molar-refractivity contribution in [3.63, 3.8) is 0 Å². The number of nitrogens with zero attached hydrogens (tertiary/aromatic N) is 20. The zero-order valence-electron chi connectivity index (χ0n) is 112. The SMILES string of the molecule is [2H]c1c([2H])c([C@@H]2C([2H])([2H])[C@@]2([2H])Nc2nc(SC([2H])([2H])CC)nc3c2nnn3[C@@H]2C[C@H](OCCO)[C@@H](O)[C@H]2O)c([2H])c(F)c1C.[2H]c1c([2H])c([C@@H]2C([2H])([2H])[C@@]2([2H])Nc2nc(SCCC)nc3c2nnn3[C@@H]2C[C@H](OC([2H])([2H])C([2H])([2H])O)[C@@H](O)[C@H]2O)c([2H])c(F)c1C.[2H]c1c([2H])c([C@@H]2C([2H])([2H])[C@@]2([2H])Nc2nc(SCCC)nc3c2nnn3[C@@H]2C[C@H](OC([2H])([2H])CO)[C@@H](O)[C@H]2O)c([2H])c(F)c1C.[2H]c1c([2H])c([C@@H]2C([2H])([2H])[C@@]2([2H])Nc2nc(SCCC)nc3c2nnn3[C@@H]2C[C@H](OCC([2H])([2H])O)[C@@H](O)[C@H]2O)c([2H])c(F)c1C. The van der Waals surface area contributed by atoms with Crippen molar-refractivity contribution in [2.75, 3.05) is 96.9 Å². The lowest BCUT2D eigenvalue weighted by atomic mass is 10.1. The maximum absolute atomic E-state index is 14.8. The molecule has 144 heavy (non-hydrogen) atoms. The summed E-state index contributed by atoms with van der Waals surface area (Å²) < 4.78 is 364. The fourth-order valence-electron chi connectivity index (χ4n) is 16.1. The second-order valence-corrected chi connectivity index (χ2v) is 37.9. The molecule has 8 fully saturated rings. The molecular formula is C96H124F4N24O16S4. The van der Waals surface area contributed by atoms with E-state index in [2.05, 4.69) is 102 Å². The molecule has 24 atom stereocenters. The van der Waals surface area contributed by atoms with E-state index >= 15 is 0 Å². The van der Waals surface area contributed by atoms with Crippen molar-refractivity contribution in [3.8, 4) is 0 Å². The minimum atomic E-state index is -3.43. The van der Waals surface area contributed by atoms with Gasteiger partial charge in [0, 0.05) is 110 Å². The van der Waals surface area contributed by atoms with Gasteiger partial charge in [-0.15, -0.1) is 20.4 Å². The minimum absolute atomic E-state index is 0.0230. The molecule has 0 amide bonds. The predicted molar refractivity (Wildman–Crippen MR) is 530 cm³/mol. The van der Waals surface area contributed by atoms with Gasteiger partial charge in [0.25, 0.3) is 0 Å². The van der Waals surface area contributed by atoms with E-state index in [-0.39, 0.29) is 156 Å². The average Bonchev–Trinajstić information content (AvgIpc) is 1.51. The predicted octanol–water partition coefficient (Wildman–Crippen LogP) is 8.73. The average molecular weight is 2110 g/mol. The molecule has 8 saturated carbocycles. The quantitative estimate of drug-likeness (QED) is 0.00969. The lowest BCUT2D eigenvalue weighted by Crippen LogP contribution is -2.33. The van der Waals surface area contributed by atoms with E-state index in [0.29, 0.717) is 35.4 Å². The Labute approximate surface area is 891 Å². The molecule has 0 bridgehead atoms. The number of hydrogen-bond donors (Lipinski definition) is 16. The fraction of sp³-hybridized carbons (Fsp3) is 0.583. The van der Waals surface area contributed by atoms with Gasteiger partial charge < -0.3 is 101 Å². The van der Waals surface area contributed by atoms with Crippen LogP contribution in [0.3, 0.4) is 0 Å². The number of thioether (sulfide) groups is 4. The summed E-state index contributed by atoms with van der Waals surface area (Å²) in [7, 11) is 0. The van der Waals surface area contributed by atoms with Crippen molar-refractivity contribution in [1.29, 1.82) is 0 Å². The van der Waals surface area contributed by atoms with E-state index in [1.165, 1.54) is 77.0 Å². The number of ether oxygens (including phenoxy) is 4. The third-order valence-electron chi connectivity index (χ3n) is 23.8. The molecule has 0 radical (unpaired) electrons. The van der Waals surface area contributed by atoms with Crippen LogP contribution in [0.5, 0.6) is 0 Å². The monoisotopic (exact) mass is 2110 g/mol. The number of aliphatic hydroxyl groups is 12. The molecule has 0 aliphatic heterocycles. The van der Waals surface area contributed by atoms with Crippen molar-refractivity contribution in [2.45, 2.75) is 298 Å². The number of aromatic nitrogens is 20. The van der Waals surface area contributed by atoms with Crippen LogP contribution in [0.4, 0.5) is 40.8 Å². The van der Waals surface area contributed by atoms with E-state index < -0.39 is 334 Å². The summed E-state index contributed by atoms with van der Waals surface area (Å²) >= 11 is 4.32. The van der Waals surface area contributed by atoms with Gasteiger partial charge in [0.2, 0.25) is 0 Å². The molecule has 8 aromatic heterocycles. The fourth-order valence-corrected chi connectivity index (χ4v) is 18.7. The molecule has 4 aromatic carbocycles. The number of anilines is 4. The van der Waals surface area contributed by atoms with Crippen LogP contribution in [0.15, 0.2) is 93.1 Å². The molecule has 8 aliphatic carbocycles. The first-order chi connectivity index (χ1) is 82.6. The summed E-state index contributed by atoms with van der Waals surface area (Å²) in [4.78, 5) is 35.4. The van der Waals surface area contributed by atoms with Crippen molar-refractivity contribution in [1.82, 2.24) is 99.8 Å². The lowest BCUT2D eigenvalue weighted by Gasteiger charge is -2.17. The number of fused-ring (bicyclic) bond motifs is 4. The lowest BCUT2D eigenvalue weighted by molar-refractivity contribution is -0.0629. The van der Waals surface area contributed by atoms with E-state index in [1.807, 2.05) is 20.8 Å². The largest absolute Gasteiger partial charge is 0.394 e. The highest BCUT2D eigenvalue weighted by atomic mass is 32.2. The Balaban J connectivity index is 0.000000157. The highest BCUT2D eigenvalue weighted by molar-refractivity contribution is 7.99. The molecule has 776 valence electrons. The van der Waals surface area contributed by atoms with E-state index in [0.717, 1.165) is 17.5 Å². The topological polar surface area (TPSA) is 554 Å². The zero-order chi connectivity index (χ0) is 132. The van der Waals surface area contributed by atoms with E-state index in [1.54, 1.807) is 6.92 Å². The Kier molecular flexibility index (Phi) is 23.1. The van der Waals surface area contributed by atoms with Gasteiger partial charge in [-0.3, -0.25) is 0 Å². The smallest absolute Gasteiger partial charge is 0.191 e. The van der Waals surface area contributed by atoms with Gasteiger partial charge >= 0.3 is 0 Å². The van der Waals surface area contributed by atoms with Gasteiger partial charge in [-0.25, -0.2) is 76.2 Å². The molecule has 20 rings (SSSR count). The Morgan fingerprint density at radius 1 is 0.368 bits per heavy atom. The summed E-state index contributed by atoms with van der Waals surface area (Å²) in [6, 6.07) is -20.6. The molecule has 8 aliphatic rings. The van der Waals surface area contributed by atoms with Crippen LogP contribution < -0.4 is 21.3 Å². The molecular weight excluding hydrogens is 1950 g/mol. The van der Waals surface area contributed by atoms with Crippen molar-refractivity contribution in [3.05, 3.63) is 140 Å². The Morgan fingerprint density at radius 2 is 0.646 bits per heavy atom. The van der Waals surface area contributed by atoms with Crippen LogP contribution >= 0.6 is 47.0 Å². The van der Waals surface area contributed by atoms with Gasteiger partial charge in [0.1, 0.15) is 72.1 Å². The molecule has 40 nitrogen and oxygen atoms in total. The van der Waals surface area contributed by atoms with Gasteiger partial charge in [-0.05, 0) is 148 Å². The number of halogens is 4. The Hall–Kier alpha value is -9.52. The van der Waals surface area contributed by atoms with Gasteiger partial charge in [0.15, 0.2) is 88.6 Å². The van der Waals surface area contributed by atoms with E-state index in [9.17, 15) is 73.7 Å². The van der Waals surface area contributed by atoms with Gasteiger partial charge in [0.05, 0.1) is 134 Å².